The van der Waals surface area contributed by atoms with Gasteiger partial charge in [-0.15, -0.1) is 0 Å². The second-order valence-electron chi connectivity index (χ2n) is 2.96. The number of amides is 1. The third-order valence-corrected chi connectivity index (χ3v) is 2.67. The molecule has 1 heterocycles. The lowest BCUT2D eigenvalue weighted by molar-refractivity contribution is -0.119. The van der Waals surface area contributed by atoms with Gasteiger partial charge < -0.3 is 16.8 Å². The lowest BCUT2D eigenvalue weighted by Gasteiger charge is -2.07. The molecule has 0 radical (unpaired) electrons. The maximum absolute atomic E-state index is 10.8. The number of thioether (sulfide) groups is 1. The van der Waals surface area contributed by atoms with Crippen LogP contribution >= 0.6 is 11.8 Å². The molecule has 0 aliphatic carbocycles. The Morgan fingerprint density at radius 2 is 2.43 bits per heavy atom. The molecule has 6 N–H and O–H groups in total. The van der Waals surface area contributed by atoms with Crippen LogP contribution < -0.4 is 16.8 Å². The molecule has 1 aliphatic rings. The molecule has 0 bridgehead atoms. The molecular weight excluding hydrogens is 202 g/mol. The molecule has 1 saturated heterocycles. The summed E-state index contributed by atoms with van der Waals surface area (Å²) >= 11 is 1.23. The van der Waals surface area contributed by atoms with Gasteiger partial charge in [-0.3, -0.25) is 10.2 Å². The Morgan fingerprint density at radius 3 is 2.93 bits per heavy atom. The van der Waals surface area contributed by atoms with Crippen LogP contribution in [0.2, 0.25) is 0 Å². The van der Waals surface area contributed by atoms with Crippen LogP contribution in [0.4, 0.5) is 0 Å². The van der Waals surface area contributed by atoms with Gasteiger partial charge in [-0.05, 0) is 6.42 Å². The summed E-state index contributed by atoms with van der Waals surface area (Å²) in [6, 6.07) is 0.141. The number of rotatable bonds is 2. The van der Waals surface area contributed by atoms with E-state index in [4.69, 9.17) is 16.9 Å². The average molecular weight is 215 g/mol. The summed E-state index contributed by atoms with van der Waals surface area (Å²) in [7, 11) is 0. The van der Waals surface area contributed by atoms with Crippen LogP contribution in [-0.2, 0) is 4.79 Å². The zero-order chi connectivity index (χ0) is 10.6. The normalized spacial score (nSPS) is 20.3. The molecule has 0 aromatic heterocycles. The molecule has 1 aliphatic heterocycles. The van der Waals surface area contributed by atoms with Crippen molar-refractivity contribution in [1.29, 1.82) is 5.41 Å². The fraction of sp³-hybridized carbons (Fsp3) is 0.571. The Kier molecular flexibility index (Phi) is 3.75. The largest absolute Gasteiger partial charge is 0.370 e. The fourth-order valence-electron chi connectivity index (χ4n) is 1.13. The van der Waals surface area contributed by atoms with Crippen molar-refractivity contribution in [3.63, 3.8) is 0 Å². The number of carbonyl (C=O) groups excluding carboxylic acids is 1. The van der Waals surface area contributed by atoms with Crippen molar-refractivity contribution in [2.24, 2.45) is 16.5 Å². The summed E-state index contributed by atoms with van der Waals surface area (Å²) < 4.78 is 0. The second kappa shape index (κ2) is 4.85. The molecule has 1 unspecified atom stereocenters. The van der Waals surface area contributed by atoms with Crippen LogP contribution in [0.5, 0.6) is 0 Å². The molecule has 0 saturated carbocycles. The van der Waals surface area contributed by atoms with E-state index < -0.39 is 0 Å². The van der Waals surface area contributed by atoms with Crippen molar-refractivity contribution in [1.82, 2.24) is 5.32 Å². The van der Waals surface area contributed by atoms with E-state index in [1.54, 1.807) is 0 Å². The summed E-state index contributed by atoms with van der Waals surface area (Å²) in [6.07, 6.45) is 1.39. The number of hydrogen-bond donors (Lipinski definition) is 4. The molecule has 6 nitrogen and oxygen atoms in total. The highest BCUT2D eigenvalue weighted by atomic mass is 32.2. The van der Waals surface area contributed by atoms with Crippen molar-refractivity contribution >= 4 is 28.8 Å². The molecule has 14 heavy (non-hydrogen) atoms. The van der Waals surface area contributed by atoms with E-state index in [1.165, 1.54) is 11.8 Å². The number of aliphatic imine (C=N–C) groups is 1. The van der Waals surface area contributed by atoms with E-state index >= 15 is 0 Å². The van der Waals surface area contributed by atoms with Crippen molar-refractivity contribution in [3.05, 3.63) is 0 Å². The molecule has 78 valence electrons. The summed E-state index contributed by atoms with van der Waals surface area (Å²) in [5.74, 6) is 0.600. The Hall–Kier alpha value is -1.24. The average Bonchev–Trinajstić information content (AvgIpc) is 2.47. The zero-order valence-electron chi connectivity index (χ0n) is 7.62. The lowest BCUT2D eigenvalue weighted by atomic mass is 10.2. The summed E-state index contributed by atoms with van der Waals surface area (Å²) in [6.45, 7) is 0. The van der Waals surface area contributed by atoms with Crippen molar-refractivity contribution < 1.29 is 4.79 Å². The van der Waals surface area contributed by atoms with Crippen LogP contribution in [0.3, 0.4) is 0 Å². The SMILES string of the molecule is N=C(N=C(N)N)SCC1CCC(=O)N1. The Labute approximate surface area is 86.0 Å². The molecule has 1 fully saturated rings. The monoisotopic (exact) mass is 215 g/mol. The number of nitrogens with two attached hydrogens (primary N) is 2. The van der Waals surface area contributed by atoms with Gasteiger partial charge in [0.05, 0.1) is 0 Å². The Morgan fingerprint density at radius 1 is 1.71 bits per heavy atom. The topological polar surface area (TPSA) is 117 Å². The van der Waals surface area contributed by atoms with Crippen molar-refractivity contribution in [2.45, 2.75) is 18.9 Å². The molecule has 1 amide bonds. The molecule has 0 aromatic carbocycles. The Bertz CT molecular complexity index is 273. The standard InChI is InChI=1S/C7H13N5OS/c8-6(9)12-7(10)14-3-4-1-2-5(13)11-4/h4H,1-3H2,(H,11,13)(H5,8,9,10,12). The number of carbonyl (C=O) groups is 1. The first-order chi connectivity index (χ1) is 6.58. The van der Waals surface area contributed by atoms with Gasteiger partial charge >= 0.3 is 0 Å². The number of hydrogen-bond acceptors (Lipinski definition) is 3. The van der Waals surface area contributed by atoms with E-state index in [1.807, 2.05) is 0 Å². The van der Waals surface area contributed by atoms with Crippen LogP contribution in [0.1, 0.15) is 12.8 Å². The predicted molar refractivity (Wildman–Crippen MR) is 57.2 cm³/mol. The van der Waals surface area contributed by atoms with Gasteiger partial charge in [-0.25, -0.2) is 0 Å². The van der Waals surface area contributed by atoms with Crippen LogP contribution in [0.25, 0.3) is 0 Å². The second-order valence-corrected chi connectivity index (χ2v) is 3.96. The maximum Gasteiger partial charge on any atom is 0.220 e. The minimum absolute atomic E-state index is 0.0731. The molecule has 7 heteroatoms. The van der Waals surface area contributed by atoms with Crippen LogP contribution in [-0.4, -0.2) is 28.8 Å². The van der Waals surface area contributed by atoms with E-state index in [2.05, 4.69) is 10.3 Å². The van der Waals surface area contributed by atoms with Gasteiger partial charge in [0.2, 0.25) is 5.91 Å². The first-order valence-electron chi connectivity index (χ1n) is 4.18. The molecule has 1 rings (SSSR count). The molecular formula is C7H13N5OS. The van der Waals surface area contributed by atoms with Crippen molar-refractivity contribution in [2.75, 3.05) is 5.75 Å². The summed E-state index contributed by atoms with van der Waals surface area (Å²) in [5.41, 5.74) is 10.2. The minimum atomic E-state index is -0.113. The van der Waals surface area contributed by atoms with E-state index in [0.29, 0.717) is 12.2 Å². The van der Waals surface area contributed by atoms with E-state index in [9.17, 15) is 4.79 Å². The van der Waals surface area contributed by atoms with Gasteiger partial charge in [0.1, 0.15) is 0 Å². The first-order valence-corrected chi connectivity index (χ1v) is 5.17. The van der Waals surface area contributed by atoms with Crippen molar-refractivity contribution in [3.8, 4) is 0 Å². The van der Waals surface area contributed by atoms with Gasteiger partial charge in [0.25, 0.3) is 0 Å². The van der Waals surface area contributed by atoms with Gasteiger partial charge in [0.15, 0.2) is 11.1 Å². The fourth-order valence-corrected chi connectivity index (χ4v) is 1.91. The van der Waals surface area contributed by atoms with Gasteiger partial charge in [-0.2, -0.15) is 4.99 Å². The molecule has 0 aromatic rings. The smallest absolute Gasteiger partial charge is 0.220 e. The van der Waals surface area contributed by atoms with Gasteiger partial charge in [0, 0.05) is 18.2 Å². The highest BCUT2D eigenvalue weighted by molar-refractivity contribution is 8.13. The van der Waals surface area contributed by atoms with E-state index in [-0.39, 0.29) is 23.1 Å². The number of amidine groups is 1. The minimum Gasteiger partial charge on any atom is -0.370 e. The third-order valence-electron chi connectivity index (χ3n) is 1.74. The lowest BCUT2D eigenvalue weighted by Crippen LogP contribution is -2.28. The summed E-state index contributed by atoms with van der Waals surface area (Å²) in [5, 5.41) is 10.2. The van der Waals surface area contributed by atoms with Crippen LogP contribution in [0.15, 0.2) is 4.99 Å². The quantitative estimate of drug-likeness (QED) is 0.356. The highest BCUT2D eigenvalue weighted by Gasteiger charge is 2.20. The first kappa shape index (κ1) is 10.8. The third kappa shape index (κ3) is 3.65. The molecule has 0 spiro atoms. The number of nitrogens with zero attached hydrogens (tertiary/aromatic N) is 1. The number of guanidine groups is 1. The summed E-state index contributed by atoms with van der Waals surface area (Å²) in [4.78, 5) is 14.4. The number of nitrogens with one attached hydrogen (secondary N) is 2. The zero-order valence-corrected chi connectivity index (χ0v) is 8.43. The highest BCUT2D eigenvalue weighted by Crippen LogP contribution is 2.13. The Balaban J connectivity index is 2.24. The molecule has 1 atom stereocenters. The van der Waals surface area contributed by atoms with E-state index in [0.717, 1.165) is 6.42 Å². The van der Waals surface area contributed by atoms with Gasteiger partial charge in [-0.1, -0.05) is 11.8 Å². The predicted octanol–water partition coefficient (Wildman–Crippen LogP) is -0.794. The maximum atomic E-state index is 10.8. The van der Waals surface area contributed by atoms with Crippen LogP contribution in [0, 0.1) is 5.41 Å².